The lowest BCUT2D eigenvalue weighted by atomic mass is 9.67. The Labute approximate surface area is 93.3 Å². The molecule has 2 fully saturated rings. The fourth-order valence-corrected chi connectivity index (χ4v) is 4.22. The van der Waals surface area contributed by atoms with Crippen molar-refractivity contribution in [2.24, 2.45) is 23.7 Å². The largest absolute Gasteiger partial charge is 0.310 e. The molecule has 0 bridgehead atoms. The van der Waals surface area contributed by atoms with Crippen molar-refractivity contribution in [1.29, 1.82) is 0 Å². The second-order valence-corrected chi connectivity index (χ2v) is 5.99. The minimum atomic E-state index is 0.799. The van der Waals surface area contributed by atoms with E-state index in [2.05, 4.69) is 31.3 Å². The quantitative estimate of drug-likeness (QED) is 0.600. The van der Waals surface area contributed by atoms with Crippen molar-refractivity contribution >= 4 is 0 Å². The summed E-state index contributed by atoms with van der Waals surface area (Å²) < 4.78 is 0. The molecule has 1 heterocycles. The molecule has 1 aliphatic heterocycles. The van der Waals surface area contributed by atoms with Crippen molar-refractivity contribution in [3.63, 3.8) is 0 Å². The summed E-state index contributed by atoms with van der Waals surface area (Å²) in [5, 5.41) is 3.92. The van der Waals surface area contributed by atoms with Gasteiger partial charge in [0.1, 0.15) is 0 Å². The van der Waals surface area contributed by atoms with Crippen LogP contribution in [0.2, 0.25) is 0 Å². The van der Waals surface area contributed by atoms with Gasteiger partial charge in [-0.15, -0.1) is 0 Å². The molecule has 0 amide bonds. The minimum Gasteiger partial charge on any atom is -0.310 e. The molecule has 0 aromatic rings. The molecule has 1 heteroatoms. The SMILES string of the molecule is CC1CCC(C)C2C3C=CCCC3NC12. The lowest BCUT2D eigenvalue weighted by Gasteiger charge is -2.38. The number of allylic oxidation sites excluding steroid dienone is 1. The molecule has 3 aliphatic rings. The van der Waals surface area contributed by atoms with E-state index in [4.69, 9.17) is 0 Å². The summed E-state index contributed by atoms with van der Waals surface area (Å²) in [4.78, 5) is 0. The average molecular weight is 205 g/mol. The molecule has 3 rings (SSSR count). The first-order chi connectivity index (χ1) is 7.27. The van der Waals surface area contributed by atoms with Gasteiger partial charge in [0.2, 0.25) is 0 Å². The van der Waals surface area contributed by atoms with E-state index in [0.29, 0.717) is 0 Å². The van der Waals surface area contributed by atoms with Crippen molar-refractivity contribution < 1.29 is 0 Å². The van der Waals surface area contributed by atoms with Crippen LogP contribution in [0.3, 0.4) is 0 Å². The summed E-state index contributed by atoms with van der Waals surface area (Å²) in [5.41, 5.74) is 0. The maximum Gasteiger partial charge on any atom is 0.0139 e. The van der Waals surface area contributed by atoms with Crippen LogP contribution in [0.1, 0.15) is 39.5 Å². The summed E-state index contributed by atoms with van der Waals surface area (Å²) in [6.07, 6.45) is 10.5. The van der Waals surface area contributed by atoms with Crippen molar-refractivity contribution in [3.05, 3.63) is 12.2 Å². The lowest BCUT2D eigenvalue weighted by molar-refractivity contribution is 0.159. The van der Waals surface area contributed by atoms with Gasteiger partial charge in [-0.25, -0.2) is 0 Å². The van der Waals surface area contributed by atoms with E-state index in [1.54, 1.807) is 0 Å². The molecule has 2 aliphatic carbocycles. The molecule has 1 saturated heterocycles. The van der Waals surface area contributed by atoms with Crippen LogP contribution in [0, 0.1) is 23.7 Å². The van der Waals surface area contributed by atoms with Crippen molar-refractivity contribution in [2.45, 2.75) is 51.6 Å². The van der Waals surface area contributed by atoms with Crippen LogP contribution >= 0.6 is 0 Å². The monoisotopic (exact) mass is 205 g/mol. The van der Waals surface area contributed by atoms with Gasteiger partial charge in [0.15, 0.2) is 0 Å². The Morgan fingerprint density at radius 2 is 1.87 bits per heavy atom. The van der Waals surface area contributed by atoms with Crippen LogP contribution in [0.4, 0.5) is 0 Å². The molecule has 0 aromatic carbocycles. The van der Waals surface area contributed by atoms with E-state index in [1.165, 1.54) is 25.7 Å². The van der Waals surface area contributed by atoms with Gasteiger partial charge < -0.3 is 5.32 Å². The molecule has 1 saturated carbocycles. The van der Waals surface area contributed by atoms with Crippen molar-refractivity contribution in [3.8, 4) is 0 Å². The Morgan fingerprint density at radius 1 is 1.07 bits per heavy atom. The number of fused-ring (bicyclic) bond motifs is 3. The molecular formula is C14H23N. The fourth-order valence-electron chi connectivity index (χ4n) is 4.22. The van der Waals surface area contributed by atoms with Gasteiger partial charge in [0.25, 0.3) is 0 Å². The zero-order valence-corrected chi connectivity index (χ0v) is 9.95. The zero-order chi connectivity index (χ0) is 10.4. The summed E-state index contributed by atoms with van der Waals surface area (Å²) in [7, 11) is 0. The lowest BCUT2D eigenvalue weighted by Crippen LogP contribution is -2.41. The first-order valence-corrected chi connectivity index (χ1v) is 6.70. The smallest absolute Gasteiger partial charge is 0.0139 e. The Kier molecular flexibility index (Phi) is 2.39. The van der Waals surface area contributed by atoms with Crippen LogP contribution in [-0.2, 0) is 0 Å². The van der Waals surface area contributed by atoms with Gasteiger partial charge in [-0.1, -0.05) is 32.4 Å². The number of hydrogen-bond donors (Lipinski definition) is 1. The Bertz CT molecular complexity index is 271. The Hall–Kier alpha value is -0.300. The highest BCUT2D eigenvalue weighted by molar-refractivity contribution is 5.12. The third-order valence-corrected chi connectivity index (χ3v) is 5.08. The third kappa shape index (κ3) is 1.47. The van der Waals surface area contributed by atoms with Gasteiger partial charge in [-0.05, 0) is 42.9 Å². The highest BCUT2D eigenvalue weighted by Crippen LogP contribution is 2.46. The number of nitrogens with one attached hydrogen (secondary N) is 1. The fraction of sp³-hybridized carbons (Fsp3) is 0.857. The Balaban J connectivity index is 1.88. The molecular weight excluding hydrogens is 182 g/mol. The third-order valence-electron chi connectivity index (χ3n) is 5.08. The van der Waals surface area contributed by atoms with Gasteiger partial charge in [-0.2, -0.15) is 0 Å². The molecule has 1 N–H and O–H groups in total. The number of rotatable bonds is 0. The van der Waals surface area contributed by atoms with E-state index in [0.717, 1.165) is 35.8 Å². The van der Waals surface area contributed by atoms with E-state index < -0.39 is 0 Å². The maximum absolute atomic E-state index is 3.92. The van der Waals surface area contributed by atoms with E-state index in [9.17, 15) is 0 Å². The molecule has 0 spiro atoms. The van der Waals surface area contributed by atoms with Gasteiger partial charge >= 0.3 is 0 Å². The molecule has 0 radical (unpaired) electrons. The van der Waals surface area contributed by atoms with E-state index >= 15 is 0 Å². The summed E-state index contributed by atoms with van der Waals surface area (Å²) >= 11 is 0. The van der Waals surface area contributed by atoms with Crippen molar-refractivity contribution in [2.75, 3.05) is 0 Å². The van der Waals surface area contributed by atoms with Crippen LogP contribution in [-0.4, -0.2) is 12.1 Å². The average Bonchev–Trinajstić information content (AvgIpc) is 2.64. The standard InChI is InChI=1S/C14H23N/c1-9-7-8-10(2)14-13(9)11-5-3-4-6-12(11)15-14/h3,5,9-15H,4,6-8H2,1-2H3. The van der Waals surface area contributed by atoms with E-state index in [-0.39, 0.29) is 0 Å². The maximum atomic E-state index is 3.92. The molecule has 6 atom stereocenters. The normalized spacial score (nSPS) is 53.7. The number of hydrogen-bond acceptors (Lipinski definition) is 1. The second-order valence-electron chi connectivity index (χ2n) is 5.99. The van der Waals surface area contributed by atoms with Crippen LogP contribution < -0.4 is 5.32 Å². The van der Waals surface area contributed by atoms with E-state index in [1.807, 2.05) is 0 Å². The van der Waals surface area contributed by atoms with Crippen LogP contribution in [0.25, 0.3) is 0 Å². The molecule has 1 nitrogen and oxygen atoms in total. The van der Waals surface area contributed by atoms with Gasteiger partial charge in [-0.3, -0.25) is 0 Å². The van der Waals surface area contributed by atoms with Gasteiger partial charge in [0, 0.05) is 12.1 Å². The topological polar surface area (TPSA) is 12.0 Å². The molecule has 6 unspecified atom stereocenters. The first kappa shape index (κ1) is 9.89. The summed E-state index contributed by atoms with van der Waals surface area (Å²) in [6, 6.07) is 1.61. The van der Waals surface area contributed by atoms with Gasteiger partial charge in [0.05, 0.1) is 0 Å². The molecule has 0 aromatic heterocycles. The van der Waals surface area contributed by atoms with Crippen LogP contribution in [0.5, 0.6) is 0 Å². The summed E-state index contributed by atoms with van der Waals surface area (Å²) in [5.74, 6) is 3.60. The molecule has 84 valence electrons. The second kappa shape index (κ2) is 3.62. The predicted octanol–water partition coefficient (Wildman–Crippen LogP) is 2.98. The Morgan fingerprint density at radius 3 is 2.73 bits per heavy atom. The van der Waals surface area contributed by atoms with Crippen LogP contribution in [0.15, 0.2) is 12.2 Å². The predicted molar refractivity (Wildman–Crippen MR) is 63.6 cm³/mol. The minimum absolute atomic E-state index is 0.799. The highest BCUT2D eigenvalue weighted by Gasteiger charge is 2.48. The first-order valence-electron chi connectivity index (χ1n) is 6.70. The van der Waals surface area contributed by atoms with Crippen molar-refractivity contribution in [1.82, 2.24) is 5.32 Å². The summed E-state index contributed by atoms with van der Waals surface area (Å²) in [6.45, 7) is 4.91. The highest BCUT2D eigenvalue weighted by atomic mass is 15.0. The molecule has 15 heavy (non-hydrogen) atoms. The zero-order valence-electron chi connectivity index (χ0n) is 9.95.